The molecule has 1 aliphatic rings. The summed E-state index contributed by atoms with van der Waals surface area (Å²) in [6.45, 7) is 7.10. The zero-order valence-electron chi connectivity index (χ0n) is 12.6. The van der Waals surface area contributed by atoms with Crippen molar-refractivity contribution < 1.29 is 4.74 Å². The molecule has 1 N–H and O–H groups in total. The van der Waals surface area contributed by atoms with Gasteiger partial charge in [-0.3, -0.25) is 0 Å². The summed E-state index contributed by atoms with van der Waals surface area (Å²) in [4.78, 5) is 0. The van der Waals surface area contributed by atoms with E-state index in [1.54, 1.807) is 7.11 Å². The second-order valence-electron chi connectivity index (χ2n) is 6.60. The lowest BCUT2D eigenvalue weighted by Crippen LogP contribution is -2.36. The Labute approximate surface area is 138 Å². The van der Waals surface area contributed by atoms with Gasteiger partial charge in [0.2, 0.25) is 0 Å². The molecule has 2 nitrogen and oxygen atoms in total. The smallest absolute Gasteiger partial charge is 0.135 e. The number of hydrogen-bond acceptors (Lipinski definition) is 2. The van der Waals surface area contributed by atoms with Crippen molar-refractivity contribution in [2.45, 2.75) is 46.1 Å². The van der Waals surface area contributed by atoms with Crippen molar-refractivity contribution in [3.8, 4) is 5.75 Å². The molecule has 2 unspecified atom stereocenters. The van der Waals surface area contributed by atoms with E-state index < -0.39 is 0 Å². The lowest BCUT2D eigenvalue weighted by atomic mass is 9.70. The van der Waals surface area contributed by atoms with Crippen LogP contribution in [0.5, 0.6) is 5.75 Å². The molecular weight excluding hydrogens is 382 g/mol. The minimum atomic E-state index is 0.478. The molecule has 0 aromatic heterocycles. The van der Waals surface area contributed by atoms with Gasteiger partial charge in [-0.2, -0.15) is 0 Å². The van der Waals surface area contributed by atoms with Crippen LogP contribution >= 0.6 is 31.9 Å². The molecule has 0 radical (unpaired) electrons. The Balaban J connectivity index is 2.14. The van der Waals surface area contributed by atoms with Crippen LogP contribution in [0.1, 0.15) is 40.0 Å². The molecule has 20 heavy (non-hydrogen) atoms. The maximum absolute atomic E-state index is 5.38. The number of nitrogens with one attached hydrogen (secondary N) is 1. The second-order valence-corrected chi connectivity index (χ2v) is 8.31. The summed E-state index contributed by atoms with van der Waals surface area (Å²) >= 11 is 7.14. The largest absolute Gasteiger partial charge is 0.495 e. The van der Waals surface area contributed by atoms with Crippen LogP contribution in [0.2, 0.25) is 0 Å². The summed E-state index contributed by atoms with van der Waals surface area (Å²) in [6.07, 6.45) is 3.77. The summed E-state index contributed by atoms with van der Waals surface area (Å²) in [5.74, 6) is 1.54. The molecule has 1 fully saturated rings. The van der Waals surface area contributed by atoms with Crippen LogP contribution < -0.4 is 10.1 Å². The molecule has 1 aromatic rings. The Bertz CT molecular complexity index is 488. The quantitative estimate of drug-likeness (QED) is 0.682. The average molecular weight is 405 g/mol. The summed E-state index contributed by atoms with van der Waals surface area (Å²) < 4.78 is 7.42. The van der Waals surface area contributed by atoms with Gasteiger partial charge in [-0.1, -0.05) is 20.8 Å². The van der Waals surface area contributed by atoms with E-state index in [2.05, 4.69) is 64.0 Å². The predicted octanol–water partition coefficient (Wildman–Crippen LogP) is 5.85. The standard InChI is InChI=1S/C16H23Br2NO/c1-10-9-16(2,3)6-5-13(10)19-14-8-15(20-4)12(18)7-11(14)17/h7-8,10,13,19H,5-6,9H2,1-4H3. The topological polar surface area (TPSA) is 21.3 Å². The van der Waals surface area contributed by atoms with Gasteiger partial charge in [0.15, 0.2) is 0 Å². The number of anilines is 1. The van der Waals surface area contributed by atoms with Crippen molar-refractivity contribution in [1.82, 2.24) is 0 Å². The van der Waals surface area contributed by atoms with Crippen molar-refractivity contribution in [2.24, 2.45) is 11.3 Å². The SMILES string of the molecule is COc1cc(NC2CCC(C)(C)CC2C)c(Br)cc1Br. The zero-order valence-corrected chi connectivity index (χ0v) is 15.8. The summed E-state index contributed by atoms with van der Waals surface area (Å²) in [5, 5.41) is 3.69. The Morgan fingerprint density at radius 3 is 2.55 bits per heavy atom. The lowest BCUT2D eigenvalue weighted by molar-refractivity contribution is 0.177. The molecule has 2 atom stereocenters. The lowest BCUT2D eigenvalue weighted by Gasteiger charge is -2.40. The number of benzene rings is 1. The predicted molar refractivity (Wildman–Crippen MR) is 92.6 cm³/mol. The molecule has 0 bridgehead atoms. The Morgan fingerprint density at radius 1 is 1.25 bits per heavy atom. The van der Waals surface area contributed by atoms with Crippen molar-refractivity contribution in [1.29, 1.82) is 0 Å². The van der Waals surface area contributed by atoms with Gasteiger partial charge in [-0.25, -0.2) is 0 Å². The fourth-order valence-electron chi connectivity index (χ4n) is 3.16. The molecule has 0 aliphatic heterocycles. The van der Waals surface area contributed by atoms with E-state index in [9.17, 15) is 0 Å². The first kappa shape index (κ1) is 16.2. The van der Waals surface area contributed by atoms with E-state index in [1.807, 2.05) is 6.07 Å². The number of hydrogen-bond donors (Lipinski definition) is 1. The highest BCUT2D eigenvalue weighted by molar-refractivity contribution is 9.11. The van der Waals surface area contributed by atoms with E-state index in [1.165, 1.54) is 19.3 Å². The number of halogens is 2. The van der Waals surface area contributed by atoms with E-state index in [4.69, 9.17) is 4.74 Å². The molecule has 1 saturated carbocycles. The van der Waals surface area contributed by atoms with E-state index >= 15 is 0 Å². The van der Waals surface area contributed by atoms with Crippen LogP contribution in [-0.2, 0) is 0 Å². The summed E-state index contributed by atoms with van der Waals surface area (Å²) in [6, 6.07) is 4.63. The van der Waals surface area contributed by atoms with Gasteiger partial charge < -0.3 is 10.1 Å². The Morgan fingerprint density at radius 2 is 1.95 bits per heavy atom. The van der Waals surface area contributed by atoms with E-state index in [0.29, 0.717) is 17.4 Å². The molecule has 112 valence electrons. The third-order valence-corrected chi connectivity index (χ3v) is 5.55. The number of ether oxygens (including phenoxy) is 1. The zero-order chi connectivity index (χ0) is 14.9. The van der Waals surface area contributed by atoms with Gasteiger partial charge in [0.1, 0.15) is 5.75 Å². The molecule has 0 saturated heterocycles. The van der Waals surface area contributed by atoms with Crippen molar-refractivity contribution in [2.75, 3.05) is 12.4 Å². The molecule has 0 amide bonds. The molecule has 1 aliphatic carbocycles. The van der Waals surface area contributed by atoms with Gasteiger partial charge in [0.25, 0.3) is 0 Å². The third kappa shape index (κ3) is 3.70. The van der Waals surface area contributed by atoms with Gasteiger partial charge in [-0.05, 0) is 68.5 Å². The second kappa shape index (κ2) is 6.27. The molecule has 0 spiro atoms. The van der Waals surface area contributed by atoms with Crippen LogP contribution in [0.15, 0.2) is 21.1 Å². The fourth-order valence-corrected chi connectivity index (χ4v) is 4.43. The van der Waals surface area contributed by atoms with E-state index in [0.717, 1.165) is 20.4 Å². The Kier molecular flexibility index (Phi) is 5.06. The van der Waals surface area contributed by atoms with Crippen LogP contribution in [0.3, 0.4) is 0 Å². The minimum Gasteiger partial charge on any atom is -0.495 e. The first-order valence-electron chi connectivity index (χ1n) is 7.12. The normalized spacial score (nSPS) is 25.3. The van der Waals surface area contributed by atoms with Crippen molar-refractivity contribution in [3.63, 3.8) is 0 Å². The van der Waals surface area contributed by atoms with Gasteiger partial charge in [0.05, 0.1) is 17.3 Å². The van der Waals surface area contributed by atoms with Crippen LogP contribution in [0, 0.1) is 11.3 Å². The fraction of sp³-hybridized carbons (Fsp3) is 0.625. The first-order valence-corrected chi connectivity index (χ1v) is 8.70. The maximum atomic E-state index is 5.38. The monoisotopic (exact) mass is 403 g/mol. The molecule has 0 heterocycles. The third-order valence-electron chi connectivity index (χ3n) is 4.28. The first-order chi connectivity index (χ1) is 9.32. The molecule has 1 aromatic carbocycles. The van der Waals surface area contributed by atoms with Crippen LogP contribution in [0.4, 0.5) is 5.69 Å². The molecular formula is C16H23Br2NO. The number of rotatable bonds is 3. The van der Waals surface area contributed by atoms with Gasteiger partial charge in [-0.15, -0.1) is 0 Å². The minimum absolute atomic E-state index is 0.478. The highest BCUT2D eigenvalue weighted by Gasteiger charge is 2.32. The summed E-state index contributed by atoms with van der Waals surface area (Å²) in [7, 11) is 1.70. The molecule has 2 rings (SSSR count). The maximum Gasteiger partial charge on any atom is 0.135 e. The highest BCUT2D eigenvalue weighted by Crippen LogP contribution is 2.41. The summed E-state index contributed by atoms with van der Waals surface area (Å²) in [5.41, 5.74) is 1.59. The number of methoxy groups -OCH3 is 1. The van der Waals surface area contributed by atoms with Crippen LogP contribution in [-0.4, -0.2) is 13.2 Å². The van der Waals surface area contributed by atoms with Gasteiger partial charge >= 0.3 is 0 Å². The Hall–Kier alpha value is -0.220. The van der Waals surface area contributed by atoms with Crippen LogP contribution in [0.25, 0.3) is 0 Å². The molecule has 4 heteroatoms. The average Bonchev–Trinajstić information content (AvgIpc) is 2.34. The highest BCUT2D eigenvalue weighted by atomic mass is 79.9. The van der Waals surface area contributed by atoms with Crippen molar-refractivity contribution in [3.05, 3.63) is 21.1 Å². The van der Waals surface area contributed by atoms with Gasteiger partial charge in [0, 0.05) is 16.6 Å². The van der Waals surface area contributed by atoms with Crippen molar-refractivity contribution >= 4 is 37.5 Å². The van der Waals surface area contributed by atoms with E-state index in [-0.39, 0.29) is 0 Å².